The van der Waals surface area contributed by atoms with Gasteiger partial charge in [-0.2, -0.15) is 0 Å². The quantitative estimate of drug-likeness (QED) is 0.818. The van der Waals surface area contributed by atoms with Gasteiger partial charge in [-0.3, -0.25) is 0 Å². The van der Waals surface area contributed by atoms with Crippen LogP contribution in [-0.4, -0.2) is 9.79 Å². The molecule has 0 spiro atoms. The molecule has 5 heteroatoms. The largest absolute Gasteiger partial charge is 0.348 e. The molecule has 0 saturated carbocycles. The van der Waals surface area contributed by atoms with E-state index >= 15 is 0 Å². The lowest BCUT2D eigenvalue weighted by Gasteiger charge is -2.08. The van der Waals surface area contributed by atoms with E-state index in [0.29, 0.717) is 11.5 Å². The summed E-state index contributed by atoms with van der Waals surface area (Å²) in [5.41, 5.74) is 0.335. The van der Waals surface area contributed by atoms with Gasteiger partial charge in [-0.15, -0.1) is 11.3 Å². The summed E-state index contributed by atoms with van der Waals surface area (Å²) < 4.78 is 14.6. The van der Waals surface area contributed by atoms with Crippen LogP contribution < -0.4 is 0 Å². The van der Waals surface area contributed by atoms with Crippen molar-refractivity contribution in [2.75, 3.05) is 0 Å². The van der Waals surface area contributed by atoms with Crippen LogP contribution in [0.1, 0.15) is 36.1 Å². The monoisotopic (exact) mass is 272 g/mol. The number of thiophene rings is 1. The van der Waals surface area contributed by atoms with Crippen LogP contribution in [0.15, 0.2) is 24.3 Å². The third kappa shape index (κ3) is 2.66. The summed E-state index contributed by atoms with van der Waals surface area (Å²) in [4.78, 5) is 19.0. The van der Waals surface area contributed by atoms with Gasteiger partial charge >= 0.3 is 0 Å². The van der Waals surface area contributed by atoms with Crippen LogP contribution in [-0.2, 0) is 0 Å². The van der Waals surface area contributed by atoms with E-state index in [1.165, 1.54) is 4.88 Å². The molecule has 92 valence electrons. The Morgan fingerprint density at radius 1 is 1.24 bits per heavy atom. The van der Waals surface area contributed by atoms with Crippen molar-refractivity contribution in [3.05, 3.63) is 34.7 Å². The Morgan fingerprint density at radius 3 is 2.53 bits per heavy atom. The first-order valence-corrected chi connectivity index (χ1v) is 7.46. The van der Waals surface area contributed by atoms with Gasteiger partial charge in [0.15, 0.2) is 5.91 Å². The molecule has 1 aromatic carbocycles. The molecule has 1 unspecified atom stereocenters. The highest BCUT2D eigenvalue weighted by Crippen LogP contribution is 2.45. The Bertz CT molecular complexity index is 524. The molecule has 1 atom stereocenters. The summed E-state index contributed by atoms with van der Waals surface area (Å²) in [6.45, 7) is 4.23. The van der Waals surface area contributed by atoms with Gasteiger partial charge < -0.3 is 9.79 Å². The molecule has 0 amide bonds. The van der Waals surface area contributed by atoms with Crippen LogP contribution in [0.25, 0.3) is 10.1 Å². The number of hydrogen-bond donors (Lipinski definition) is 2. The minimum absolute atomic E-state index is 0.335. The van der Waals surface area contributed by atoms with Crippen molar-refractivity contribution in [2.24, 2.45) is 0 Å². The average Bonchev–Trinajstić information content (AvgIpc) is 2.70. The molecule has 1 aromatic heterocycles. The van der Waals surface area contributed by atoms with Gasteiger partial charge in [0, 0.05) is 9.58 Å². The Kier molecular flexibility index (Phi) is 3.79. The standard InChI is InChI=1S/C12H14FO2PS/c1-7(2)11-6-9-5-8(12(13)16(14)15)3-4-10(9)17-11/h3-7,12,14-15H,1-2H3. The molecule has 0 radical (unpaired) electrons. The first-order valence-electron chi connectivity index (χ1n) is 5.33. The minimum atomic E-state index is -2.56. The Hall–Kier alpha value is -0.540. The number of alkyl halides is 1. The van der Waals surface area contributed by atoms with Crippen molar-refractivity contribution in [1.82, 2.24) is 0 Å². The molecule has 0 aliphatic rings. The zero-order chi connectivity index (χ0) is 12.6. The summed E-state index contributed by atoms with van der Waals surface area (Å²) in [5.74, 6) is -1.23. The molecule has 2 rings (SSSR count). The van der Waals surface area contributed by atoms with Crippen molar-refractivity contribution in [3.8, 4) is 0 Å². The molecule has 17 heavy (non-hydrogen) atoms. The molecular formula is C12H14FO2PS. The summed E-state index contributed by atoms with van der Waals surface area (Å²) >= 11 is 1.69. The van der Waals surface area contributed by atoms with E-state index in [4.69, 9.17) is 9.79 Å². The van der Waals surface area contributed by atoms with Crippen LogP contribution in [0, 0.1) is 0 Å². The highest BCUT2D eigenvalue weighted by atomic mass is 32.1. The van der Waals surface area contributed by atoms with Gasteiger partial charge in [-0.1, -0.05) is 19.9 Å². The van der Waals surface area contributed by atoms with Crippen molar-refractivity contribution in [2.45, 2.75) is 25.7 Å². The second-order valence-electron chi connectivity index (χ2n) is 4.26. The van der Waals surface area contributed by atoms with E-state index in [0.717, 1.165) is 10.1 Å². The molecule has 0 bridgehead atoms. The van der Waals surface area contributed by atoms with Gasteiger partial charge in [-0.25, -0.2) is 4.39 Å². The first-order chi connectivity index (χ1) is 7.99. The van der Waals surface area contributed by atoms with E-state index in [9.17, 15) is 4.39 Å². The zero-order valence-corrected chi connectivity index (χ0v) is 11.3. The number of fused-ring (bicyclic) bond motifs is 1. The first kappa shape index (κ1) is 12.9. The Labute approximate surface area is 105 Å². The van der Waals surface area contributed by atoms with Crippen LogP contribution >= 0.6 is 19.7 Å². The van der Waals surface area contributed by atoms with Gasteiger partial charge in [0.2, 0.25) is 8.38 Å². The molecule has 0 aliphatic heterocycles. The SMILES string of the molecule is CC(C)c1cc2cc(C(F)P(O)O)ccc2s1. The van der Waals surface area contributed by atoms with Crippen molar-refractivity contribution in [3.63, 3.8) is 0 Å². The molecule has 1 heterocycles. The van der Waals surface area contributed by atoms with Crippen LogP contribution in [0.5, 0.6) is 0 Å². The number of halogens is 1. The highest BCUT2D eigenvalue weighted by molar-refractivity contribution is 7.45. The smallest absolute Gasteiger partial charge is 0.206 e. The number of hydrogen-bond acceptors (Lipinski definition) is 3. The van der Waals surface area contributed by atoms with E-state index in [1.807, 2.05) is 12.1 Å². The summed E-state index contributed by atoms with van der Waals surface area (Å²) in [6, 6.07) is 7.20. The maximum absolute atomic E-state index is 13.5. The second kappa shape index (κ2) is 4.99. The zero-order valence-electron chi connectivity index (χ0n) is 9.59. The summed E-state index contributed by atoms with van der Waals surface area (Å²) in [6.07, 6.45) is 0. The van der Waals surface area contributed by atoms with Gasteiger partial charge in [-0.05, 0) is 35.1 Å². The third-order valence-electron chi connectivity index (χ3n) is 2.61. The average molecular weight is 272 g/mol. The topological polar surface area (TPSA) is 40.5 Å². The fourth-order valence-electron chi connectivity index (χ4n) is 1.65. The maximum Gasteiger partial charge on any atom is 0.206 e. The highest BCUT2D eigenvalue weighted by Gasteiger charge is 2.19. The molecule has 2 aromatic rings. The molecular weight excluding hydrogens is 258 g/mol. The fourth-order valence-corrected chi connectivity index (χ4v) is 3.12. The summed E-state index contributed by atoms with van der Waals surface area (Å²) in [7, 11) is -2.56. The van der Waals surface area contributed by atoms with E-state index in [1.54, 1.807) is 23.5 Å². The van der Waals surface area contributed by atoms with Crippen molar-refractivity contribution >= 4 is 29.8 Å². The molecule has 2 N–H and O–H groups in total. The predicted molar refractivity (Wildman–Crippen MR) is 71.1 cm³/mol. The Balaban J connectivity index is 2.43. The Morgan fingerprint density at radius 2 is 1.94 bits per heavy atom. The predicted octanol–water partition coefficient (Wildman–Crippen LogP) is 4.29. The third-order valence-corrected chi connectivity index (χ3v) is 4.73. The van der Waals surface area contributed by atoms with Gasteiger partial charge in [0.05, 0.1) is 0 Å². The lowest BCUT2D eigenvalue weighted by Crippen LogP contribution is -1.88. The fraction of sp³-hybridized carbons (Fsp3) is 0.333. The van der Waals surface area contributed by atoms with Crippen molar-refractivity contribution < 1.29 is 14.2 Å². The molecule has 0 aliphatic carbocycles. The number of benzene rings is 1. The summed E-state index contributed by atoms with van der Waals surface area (Å²) in [5, 5.41) is 0.968. The van der Waals surface area contributed by atoms with Gasteiger partial charge in [0.25, 0.3) is 0 Å². The van der Waals surface area contributed by atoms with E-state index < -0.39 is 14.3 Å². The lowest BCUT2D eigenvalue weighted by molar-refractivity contribution is 0.373. The van der Waals surface area contributed by atoms with E-state index in [2.05, 4.69) is 13.8 Å². The molecule has 0 fully saturated rings. The molecule has 0 saturated heterocycles. The lowest BCUT2D eigenvalue weighted by atomic mass is 10.1. The second-order valence-corrected chi connectivity index (χ2v) is 6.47. The van der Waals surface area contributed by atoms with Gasteiger partial charge in [0.1, 0.15) is 0 Å². The normalized spacial score (nSPS) is 13.8. The minimum Gasteiger partial charge on any atom is -0.348 e. The van der Waals surface area contributed by atoms with Crippen LogP contribution in [0.2, 0.25) is 0 Å². The number of rotatable bonds is 3. The molecule has 2 nitrogen and oxygen atoms in total. The van der Waals surface area contributed by atoms with Crippen molar-refractivity contribution in [1.29, 1.82) is 0 Å². The maximum atomic E-state index is 13.5. The van der Waals surface area contributed by atoms with Crippen LogP contribution in [0.3, 0.4) is 0 Å². The van der Waals surface area contributed by atoms with Crippen LogP contribution in [0.4, 0.5) is 4.39 Å². The van der Waals surface area contributed by atoms with E-state index in [-0.39, 0.29) is 0 Å².